The minimum absolute atomic E-state index is 0.0196. The van der Waals surface area contributed by atoms with Crippen molar-refractivity contribution in [3.05, 3.63) is 36.2 Å². The number of hydroxylamine groups is 2. The molecule has 2 aliphatic rings. The van der Waals surface area contributed by atoms with Gasteiger partial charge >= 0.3 is 12.5 Å². The number of rotatable bonds is 7. The summed E-state index contributed by atoms with van der Waals surface area (Å²) in [5, 5.41) is 10.3. The Balaban J connectivity index is 1.40. The number of ether oxygens (including phenoxy) is 1. The Morgan fingerprint density at radius 1 is 1.17 bits per heavy atom. The number of hydrogen-bond donors (Lipinski definition) is 1. The van der Waals surface area contributed by atoms with Crippen molar-refractivity contribution in [3.63, 3.8) is 0 Å². The van der Waals surface area contributed by atoms with Crippen molar-refractivity contribution in [2.24, 2.45) is 0 Å². The van der Waals surface area contributed by atoms with Gasteiger partial charge in [-0.25, -0.2) is 23.3 Å². The molecule has 3 heterocycles. The van der Waals surface area contributed by atoms with Crippen LogP contribution in [0.4, 0.5) is 33.7 Å². The number of anilines is 2. The molecule has 0 unspecified atom stereocenters. The molecule has 16 heteroatoms. The molecule has 0 saturated carbocycles. The number of carbonyl (C=O) groups is 3. The van der Waals surface area contributed by atoms with E-state index in [-0.39, 0.29) is 57.3 Å². The zero-order valence-electron chi connectivity index (χ0n) is 18.7. The van der Waals surface area contributed by atoms with Crippen molar-refractivity contribution >= 4 is 29.3 Å². The van der Waals surface area contributed by atoms with Gasteiger partial charge in [0.1, 0.15) is 18.3 Å². The molecule has 1 aromatic heterocycles. The molecule has 12 nitrogen and oxygen atoms in total. The van der Waals surface area contributed by atoms with Crippen LogP contribution in [-0.4, -0.2) is 89.8 Å². The highest BCUT2D eigenvalue weighted by atomic mass is 19.3. The van der Waals surface area contributed by atoms with Gasteiger partial charge in [0.25, 0.3) is 11.8 Å². The number of alkyl halides is 2. The molecule has 2 aromatic rings. The lowest BCUT2D eigenvalue weighted by Crippen LogP contribution is -2.37. The minimum atomic E-state index is -3.22. The zero-order valence-corrected chi connectivity index (χ0v) is 18.7. The Hall–Kier alpha value is -3.95. The summed E-state index contributed by atoms with van der Waals surface area (Å²) >= 11 is 0. The van der Waals surface area contributed by atoms with Crippen LogP contribution in [0.1, 0.15) is 0 Å². The van der Waals surface area contributed by atoms with E-state index < -0.39 is 42.1 Å². The summed E-state index contributed by atoms with van der Waals surface area (Å²) in [4.78, 5) is 43.3. The molecular formula is C20H21F4N7O5. The van der Waals surface area contributed by atoms with Gasteiger partial charge in [0.15, 0.2) is 11.6 Å². The molecule has 3 amide bonds. The molecule has 1 aromatic carbocycles. The van der Waals surface area contributed by atoms with Crippen molar-refractivity contribution in [1.29, 1.82) is 0 Å². The van der Waals surface area contributed by atoms with Crippen molar-refractivity contribution in [3.8, 4) is 0 Å². The average Bonchev–Trinajstić information content (AvgIpc) is 3.40. The van der Waals surface area contributed by atoms with E-state index >= 15 is 8.78 Å². The molecule has 0 aliphatic carbocycles. The third kappa shape index (κ3) is 5.64. The number of carbonyl (C=O) groups excluding carboxylic acids is 3. The normalized spacial score (nSPS) is 18.4. The van der Waals surface area contributed by atoms with Crippen LogP contribution >= 0.6 is 0 Å². The molecule has 194 valence electrons. The van der Waals surface area contributed by atoms with Gasteiger partial charge in [-0.05, 0) is 0 Å². The first-order chi connectivity index (χ1) is 17.2. The smallest absolute Gasteiger partial charge is 0.414 e. The second-order valence-corrected chi connectivity index (χ2v) is 7.84. The van der Waals surface area contributed by atoms with Gasteiger partial charge < -0.3 is 15.0 Å². The SMILES string of the molecule is O=C(NC[C@H]1CN(c2cc(F)c(N3CCON(C(=O)Cn4ccnn4)CC3)c(F)c2)C(=O)O1)C(F)F. The van der Waals surface area contributed by atoms with Crippen LogP contribution in [0.15, 0.2) is 24.5 Å². The lowest BCUT2D eigenvalue weighted by atomic mass is 10.2. The average molecular weight is 515 g/mol. The molecule has 2 fully saturated rings. The van der Waals surface area contributed by atoms with Crippen LogP contribution in [0, 0.1) is 11.6 Å². The molecule has 1 atom stereocenters. The van der Waals surface area contributed by atoms with Crippen LogP contribution in [0.25, 0.3) is 0 Å². The first-order valence-corrected chi connectivity index (χ1v) is 10.8. The van der Waals surface area contributed by atoms with E-state index in [1.807, 2.05) is 5.32 Å². The second-order valence-electron chi connectivity index (χ2n) is 7.84. The third-order valence-electron chi connectivity index (χ3n) is 5.43. The van der Waals surface area contributed by atoms with E-state index in [1.54, 1.807) is 0 Å². The molecule has 0 spiro atoms. The minimum Gasteiger partial charge on any atom is -0.442 e. The Morgan fingerprint density at radius 2 is 1.92 bits per heavy atom. The summed E-state index contributed by atoms with van der Waals surface area (Å²) < 4.78 is 61.0. The van der Waals surface area contributed by atoms with Gasteiger partial charge in [-0.2, -0.15) is 8.78 Å². The fraction of sp³-hybridized carbons (Fsp3) is 0.450. The van der Waals surface area contributed by atoms with Crippen LogP contribution in [0.3, 0.4) is 0 Å². The summed E-state index contributed by atoms with van der Waals surface area (Å²) in [6.07, 6.45) is -2.22. The number of benzene rings is 1. The predicted molar refractivity (Wildman–Crippen MR) is 113 cm³/mol. The molecule has 0 radical (unpaired) electrons. The van der Waals surface area contributed by atoms with Crippen LogP contribution in [-0.2, 0) is 25.7 Å². The molecule has 2 saturated heterocycles. The van der Waals surface area contributed by atoms with E-state index in [4.69, 9.17) is 9.57 Å². The van der Waals surface area contributed by atoms with Gasteiger partial charge in [0, 0.05) is 31.4 Å². The van der Waals surface area contributed by atoms with E-state index in [2.05, 4.69) is 10.3 Å². The van der Waals surface area contributed by atoms with E-state index in [9.17, 15) is 23.2 Å². The molecule has 36 heavy (non-hydrogen) atoms. The topological polar surface area (TPSA) is 122 Å². The summed E-state index contributed by atoms with van der Waals surface area (Å²) in [5.41, 5.74) is -0.501. The Labute approximate surface area is 201 Å². The molecule has 1 N–H and O–H groups in total. The van der Waals surface area contributed by atoms with Crippen molar-refractivity contribution in [1.82, 2.24) is 25.4 Å². The molecule has 4 rings (SSSR count). The maximum absolute atomic E-state index is 15.0. The van der Waals surface area contributed by atoms with Crippen molar-refractivity contribution in [2.45, 2.75) is 19.1 Å². The third-order valence-corrected chi connectivity index (χ3v) is 5.43. The Kier molecular flexibility index (Phi) is 7.52. The van der Waals surface area contributed by atoms with E-state index in [0.717, 1.165) is 22.1 Å². The van der Waals surface area contributed by atoms with Gasteiger partial charge in [0.2, 0.25) is 0 Å². The maximum Gasteiger partial charge on any atom is 0.414 e. The largest absolute Gasteiger partial charge is 0.442 e. The highest BCUT2D eigenvalue weighted by Gasteiger charge is 2.34. The van der Waals surface area contributed by atoms with Gasteiger partial charge in [-0.3, -0.25) is 19.3 Å². The Bertz CT molecular complexity index is 1100. The lowest BCUT2D eigenvalue weighted by molar-refractivity contribution is -0.182. The maximum atomic E-state index is 15.0. The van der Waals surface area contributed by atoms with E-state index in [0.29, 0.717) is 0 Å². The number of nitrogens with one attached hydrogen (secondary N) is 1. The zero-order chi connectivity index (χ0) is 25.8. The van der Waals surface area contributed by atoms with Gasteiger partial charge in [-0.1, -0.05) is 5.21 Å². The first-order valence-electron chi connectivity index (χ1n) is 10.8. The Morgan fingerprint density at radius 3 is 2.58 bits per heavy atom. The number of amides is 3. The summed E-state index contributed by atoms with van der Waals surface area (Å²) in [6.45, 7) is -0.551. The van der Waals surface area contributed by atoms with Crippen LogP contribution in [0.2, 0.25) is 0 Å². The number of cyclic esters (lactones) is 1. The number of hydrogen-bond acceptors (Lipinski definition) is 8. The lowest BCUT2D eigenvalue weighted by Gasteiger charge is -2.24. The number of nitrogens with zero attached hydrogens (tertiary/aromatic N) is 6. The van der Waals surface area contributed by atoms with Crippen molar-refractivity contribution in [2.75, 3.05) is 49.1 Å². The van der Waals surface area contributed by atoms with Gasteiger partial charge in [0.05, 0.1) is 38.1 Å². The number of halogens is 4. The molecule has 2 aliphatic heterocycles. The van der Waals surface area contributed by atoms with Crippen molar-refractivity contribution < 1.29 is 41.5 Å². The molecule has 0 bridgehead atoms. The second kappa shape index (κ2) is 10.8. The highest BCUT2D eigenvalue weighted by Crippen LogP contribution is 2.31. The van der Waals surface area contributed by atoms with Crippen LogP contribution in [0.5, 0.6) is 0 Å². The summed E-state index contributed by atoms with van der Waals surface area (Å²) in [7, 11) is 0. The first kappa shape index (κ1) is 25.2. The van der Waals surface area contributed by atoms with E-state index in [1.165, 1.54) is 22.0 Å². The highest BCUT2D eigenvalue weighted by molar-refractivity contribution is 5.90. The number of aromatic nitrogens is 3. The predicted octanol–water partition coefficient (Wildman–Crippen LogP) is 0.543. The molecular weight excluding hydrogens is 494 g/mol. The monoisotopic (exact) mass is 515 g/mol. The fourth-order valence-corrected chi connectivity index (χ4v) is 3.74. The summed E-state index contributed by atoms with van der Waals surface area (Å²) in [5.74, 6) is -3.86. The van der Waals surface area contributed by atoms with Crippen LogP contribution < -0.4 is 15.1 Å². The standard InChI is InChI=1S/C20H21F4N7O5/c21-14-7-12(30-10-13(36-20(30)34)9-25-19(33)18(23)24)8-15(22)17(14)28-3-4-31(35-6-5-28)16(32)11-29-2-1-26-27-29/h1-2,7-8,13,18H,3-6,9-11H2,(H,25,33)/t13-/m0/s1. The quantitative estimate of drug-likeness (QED) is 0.531. The van der Waals surface area contributed by atoms with Gasteiger partial charge in [-0.15, -0.1) is 5.10 Å². The summed E-state index contributed by atoms with van der Waals surface area (Å²) in [6, 6.07) is 1.89. The fourth-order valence-electron chi connectivity index (χ4n) is 3.74.